The van der Waals surface area contributed by atoms with Crippen LogP contribution in [0.5, 0.6) is 0 Å². The van der Waals surface area contributed by atoms with Gasteiger partial charge >= 0.3 is 0 Å². The third kappa shape index (κ3) is 18.3. The summed E-state index contributed by atoms with van der Waals surface area (Å²) in [5.74, 6) is 1.37. The van der Waals surface area contributed by atoms with Crippen LogP contribution in [0.2, 0.25) is 0 Å². The predicted octanol–water partition coefficient (Wildman–Crippen LogP) is 36.8. The van der Waals surface area contributed by atoms with Crippen molar-refractivity contribution in [3.63, 3.8) is 0 Å². The first kappa shape index (κ1) is 88.7. The second-order valence-electron chi connectivity index (χ2n) is 45.3. The van der Waals surface area contributed by atoms with Crippen LogP contribution in [0.4, 0.5) is 34.1 Å². The lowest BCUT2D eigenvalue weighted by molar-refractivity contribution is 0.443. The van der Waals surface area contributed by atoms with E-state index in [1.807, 2.05) is 0 Å². The Balaban J connectivity index is 0.000000180. The van der Waals surface area contributed by atoms with E-state index < -0.39 is 0 Å². The zero-order valence-corrected chi connectivity index (χ0v) is 81.0. The predicted molar refractivity (Wildman–Crippen MR) is 554 cm³/mol. The van der Waals surface area contributed by atoms with Crippen molar-refractivity contribution in [1.29, 1.82) is 0 Å². The van der Waals surface area contributed by atoms with Gasteiger partial charge < -0.3 is 9.80 Å². The number of hydrogen-bond acceptors (Lipinski definition) is 2. The van der Waals surface area contributed by atoms with Gasteiger partial charge in [0.2, 0.25) is 0 Å². The molecule has 0 N–H and O–H groups in total. The molecule has 0 unspecified atom stereocenters. The largest absolute Gasteiger partial charge is 0.310 e. The van der Waals surface area contributed by atoms with Crippen LogP contribution in [-0.4, -0.2) is 0 Å². The van der Waals surface area contributed by atoms with Gasteiger partial charge in [-0.2, -0.15) is 0 Å². The van der Waals surface area contributed by atoms with E-state index in [9.17, 15) is 0 Å². The van der Waals surface area contributed by atoms with Gasteiger partial charge in [0, 0.05) is 45.0 Å². The summed E-state index contributed by atoms with van der Waals surface area (Å²) in [6.45, 7) is 51.4. The number of benzene rings is 14. The van der Waals surface area contributed by atoms with Crippen LogP contribution in [0.25, 0.3) is 89.0 Å². The third-order valence-corrected chi connectivity index (χ3v) is 29.0. The molecule has 128 heavy (non-hydrogen) atoms. The first-order valence-electron chi connectivity index (χ1n) is 48.0. The highest BCUT2D eigenvalue weighted by molar-refractivity contribution is 5.90. The first-order valence-corrected chi connectivity index (χ1v) is 48.0. The molecule has 0 aliphatic heterocycles. The molecule has 0 bridgehead atoms. The topological polar surface area (TPSA) is 6.48 Å². The fraction of sp³-hybridized carbons (Fsp3) is 0.333. The molecule has 14 aromatic carbocycles. The zero-order chi connectivity index (χ0) is 90.4. The molecule has 652 valence electrons. The third-order valence-electron chi connectivity index (χ3n) is 29.0. The minimum absolute atomic E-state index is 0.0157. The van der Waals surface area contributed by atoms with Gasteiger partial charge in [-0.3, -0.25) is 0 Å². The summed E-state index contributed by atoms with van der Waals surface area (Å²) in [6.07, 6.45) is 13.4. The normalized spacial score (nSPS) is 15.2. The molecule has 0 atom stereocenters. The maximum atomic E-state index is 2.47. The molecule has 0 aromatic heterocycles. The fourth-order valence-corrected chi connectivity index (χ4v) is 20.7. The van der Waals surface area contributed by atoms with Crippen LogP contribution in [0.3, 0.4) is 0 Å². The number of hydrogen-bond donors (Lipinski definition) is 0. The van der Waals surface area contributed by atoms with E-state index in [1.165, 1.54) is 231 Å². The van der Waals surface area contributed by atoms with Crippen molar-refractivity contribution in [2.45, 2.75) is 272 Å². The smallest absolute Gasteiger partial charge is 0.0467 e. The molecule has 18 rings (SSSR count). The van der Waals surface area contributed by atoms with Crippen molar-refractivity contribution in [2.75, 3.05) is 9.80 Å². The van der Waals surface area contributed by atoms with Gasteiger partial charge in [-0.1, -0.05) is 409 Å². The van der Waals surface area contributed by atoms with Crippen molar-refractivity contribution in [3.8, 4) is 89.0 Å². The van der Waals surface area contributed by atoms with E-state index in [1.54, 1.807) is 0 Å². The first-order chi connectivity index (χ1) is 60.7. The monoisotopic (exact) mass is 1680 g/mol. The van der Waals surface area contributed by atoms with Gasteiger partial charge in [0.05, 0.1) is 0 Å². The SMILES string of the molecule is CC(C)(C)c1cc(-c2ccc(N(c3cccc(-c4ccc(C5CCCCC5)cc4)c3)c3ccc4c(c3)C(C)(C)c3ccccc3-4)cc2)cc(-c2cc(C(C)(C)C)cc(C(C)(C)C)c2)c1.CC(C)(C)c1cc(-c2ccc(N(c3cccc(-c4cccc(C5CCCCC5)c4)c3)c3ccc4c(c3)C(C)(C)c3ccccc3-4)cc2)cc(-c2cc(C(C)(C)C)cc(C(C)(C)C)c2)c1. The number of nitrogens with zero attached hydrogens (tertiary/aromatic N) is 2. The molecular formula is C126H138N2. The Morgan fingerprint density at radius 3 is 0.836 bits per heavy atom. The van der Waals surface area contributed by atoms with Crippen LogP contribution in [0.1, 0.15) is 295 Å². The Bertz CT molecular complexity index is 6350. The molecule has 14 aromatic rings. The molecule has 0 spiro atoms. The number of fused-ring (bicyclic) bond motifs is 6. The Hall–Kier alpha value is -11.3. The van der Waals surface area contributed by atoms with Crippen LogP contribution < -0.4 is 9.80 Å². The Kier molecular flexibility index (Phi) is 23.8. The molecule has 0 saturated heterocycles. The molecule has 2 heteroatoms. The summed E-state index contributed by atoms with van der Waals surface area (Å²) in [7, 11) is 0. The fourth-order valence-electron chi connectivity index (χ4n) is 20.7. The maximum Gasteiger partial charge on any atom is 0.0467 e. The van der Waals surface area contributed by atoms with Crippen LogP contribution in [0.15, 0.2) is 303 Å². The highest BCUT2D eigenvalue weighted by Crippen LogP contribution is 2.55. The minimum atomic E-state index is -0.102. The highest BCUT2D eigenvalue weighted by atomic mass is 15.1. The van der Waals surface area contributed by atoms with Gasteiger partial charge in [-0.05, 0) is 311 Å². The summed E-state index contributed by atoms with van der Waals surface area (Å²) in [4.78, 5) is 4.94. The molecule has 2 saturated carbocycles. The van der Waals surface area contributed by atoms with Gasteiger partial charge in [0.15, 0.2) is 0 Å². The van der Waals surface area contributed by atoms with Crippen molar-refractivity contribution in [3.05, 3.63) is 370 Å². The van der Waals surface area contributed by atoms with Gasteiger partial charge in [0.25, 0.3) is 0 Å². The average Bonchev–Trinajstić information content (AvgIpc) is 1.57. The van der Waals surface area contributed by atoms with E-state index in [0.717, 1.165) is 22.7 Å². The molecule has 4 aliphatic rings. The minimum Gasteiger partial charge on any atom is -0.310 e. The lowest BCUT2D eigenvalue weighted by Gasteiger charge is -2.29. The Labute approximate surface area is 769 Å². The molecule has 0 heterocycles. The van der Waals surface area contributed by atoms with Crippen molar-refractivity contribution in [2.24, 2.45) is 0 Å². The molecule has 0 radical (unpaired) electrons. The van der Waals surface area contributed by atoms with E-state index >= 15 is 0 Å². The second kappa shape index (κ2) is 34.3. The summed E-state index contributed by atoms with van der Waals surface area (Å²) in [5.41, 5.74) is 44.1. The molecule has 4 aliphatic carbocycles. The summed E-state index contributed by atoms with van der Waals surface area (Å²) in [5, 5.41) is 0. The molecule has 2 nitrogen and oxygen atoms in total. The van der Waals surface area contributed by atoms with Gasteiger partial charge in [0.1, 0.15) is 0 Å². The lowest BCUT2D eigenvalue weighted by atomic mass is 9.78. The van der Waals surface area contributed by atoms with Gasteiger partial charge in [-0.25, -0.2) is 0 Å². The molecular weight excluding hydrogens is 1540 g/mol. The Morgan fingerprint density at radius 1 is 0.195 bits per heavy atom. The summed E-state index contributed by atoms with van der Waals surface area (Å²) in [6, 6.07) is 117. The van der Waals surface area contributed by atoms with Gasteiger partial charge in [-0.15, -0.1) is 0 Å². The van der Waals surface area contributed by atoms with Crippen molar-refractivity contribution in [1.82, 2.24) is 0 Å². The van der Waals surface area contributed by atoms with E-state index in [2.05, 4.69) is 465 Å². The molecule has 2 fully saturated rings. The van der Waals surface area contributed by atoms with Crippen LogP contribution in [0, 0.1) is 0 Å². The number of anilines is 6. The van der Waals surface area contributed by atoms with Crippen molar-refractivity contribution >= 4 is 34.1 Å². The van der Waals surface area contributed by atoms with E-state index in [0.29, 0.717) is 11.8 Å². The summed E-state index contributed by atoms with van der Waals surface area (Å²) >= 11 is 0. The van der Waals surface area contributed by atoms with E-state index in [-0.39, 0.29) is 43.3 Å². The standard InChI is InChI=1S/2C63H69N/c1-60(2,3)50-35-47(34-48(36-50)49-37-51(61(4,5)6)40-52(38-49)62(7,8)9)43-27-29-53(30-28-43)64(55-31-32-57-56-25-15-16-26-58(56)63(10,11)59(57)41-55)54-24-18-23-46(39-54)45-22-17-21-44(33-45)42-19-13-12-14-20-42;1-60(2,3)50-35-47(34-48(36-50)49-37-51(61(4,5)6)40-52(38-49)62(7,8)9)45-28-30-53(31-29-45)64(55-32-33-57-56-22-15-16-23-58(56)63(10,11)59(57)41-55)54-21-17-20-46(39-54)44-26-24-43(25-27-44)42-18-13-12-14-19-42/h15-18,21-42H,12-14,19-20H2,1-11H3;15-17,20-42H,12-14,18-19H2,1-11H3. The maximum absolute atomic E-state index is 2.47. The van der Waals surface area contributed by atoms with Crippen LogP contribution in [-0.2, 0) is 43.3 Å². The Morgan fingerprint density at radius 2 is 0.469 bits per heavy atom. The molecule has 0 amide bonds. The van der Waals surface area contributed by atoms with Crippen molar-refractivity contribution < 1.29 is 0 Å². The second-order valence-corrected chi connectivity index (χ2v) is 45.3. The zero-order valence-electron chi connectivity index (χ0n) is 81.0. The number of rotatable bonds is 14. The average molecular weight is 1680 g/mol. The lowest BCUT2D eigenvalue weighted by Crippen LogP contribution is -2.16. The van der Waals surface area contributed by atoms with E-state index in [4.69, 9.17) is 0 Å². The summed E-state index contributed by atoms with van der Waals surface area (Å²) < 4.78 is 0. The van der Waals surface area contributed by atoms with Crippen LogP contribution >= 0.6 is 0 Å². The highest BCUT2D eigenvalue weighted by Gasteiger charge is 2.39. The quantitative estimate of drug-likeness (QED) is 0.107.